The molecular formula is C16H22N2O3. The molecule has 1 aromatic rings. The molecule has 2 heterocycles. The van der Waals surface area contributed by atoms with Gasteiger partial charge in [0.25, 0.3) is 0 Å². The summed E-state index contributed by atoms with van der Waals surface area (Å²) in [5.74, 6) is 2.19. The van der Waals surface area contributed by atoms with Gasteiger partial charge in [-0.2, -0.15) is 0 Å². The second-order valence-corrected chi connectivity index (χ2v) is 5.90. The van der Waals surface area contributed by atoms with Crippen molar-refractivity contribution in [2.75, 3.05) is 32.2 Å². The Morgan fingerprint density at radius 3 is 2.86 bits per heavy atom. The molecule has 1 amide bonds. The lowest BCUT2D eigenvalue weighted by molar-refractivity contribution is -0.116. The Kier molecular flexibility index (Phi) is 4.29. The van der Waals surface area contributed by atoms with E-state index < -0.39 is 0 Å². The van der Waals surface area contributed by atoms with Gasteiger partial charge in [0.05, 0.1) is 0 Å². The summed E-state index contributed by atoms with van der Waals surface area (Å²) in [6, 6.07) is 5.49. The fourth-order valence-electron chi connectivity index (χ4n) is 2.88. The van der Waals surface area contributed by atoms with Gasteiger partial charge in [0, 0.05) is 18.2 Å². The van der Waals surface area contributed by atoms with Gasteiger partial charge in [-0.05, 0) is 57.5 Å². The van der Waals surface area contributed by atoms with Gasteiger partial charge >= 0.3 is 0 Å². The Balaban J connectivity index is 1.46. The molecule has 0 unspecified atom stereocenters. The number of ether oxygens (including phenoxy) is 2. The molecule has 2 aliphatic rings. The first-order chi connectivity index (χ1) is 10.2. The largest absolute Gasteiger partial charge is 0.454 e. The maximum atomic E-state index is 12.0. The molecule has 21 heavy (non-hydrogen) atoms. The summed E-state index contributed by atoms with van der Waals surface area (Å²) in [6.45, 7) is 2.55. The SMILES string of the molecule is CN1CCC(CCC(=O)Nc2ccc3c(c2)OCO3)CC1. The van der Waals surface area contributed by atoms with Crippen LogP contribution in [0, 0.1) is 5.92 Å². The van der Waals surface area contributed by atoms with Crippen LogP contribution in [-0.2, 0) is 4.79 Å². The summed E-state index contributed by atoms with van der Waals surface area (Å²) in [5.41, 5.74) is 0.771. The van der Waals surface area contributed by atoms with Gasteiger partial charge in [-0.3, -0.25) is 4.79 Å². The number of hydrogen-bond acceptors (Lipinski definition) is 4. The van der Waals surface area contributed by atoms with Crippen molar-refractivity contribution in [3.05, 3.63) is 18.2 Å². The molecule has 1 aromatic carbocycles. The number of rotatable bonds is 4. The second-order valence-electron chi connectivity index (χ2n) is 5.90. The Hall–Kier alpha value is -1.75. The molecule has 5 nitrogen and oxygen atoms in total. The maximum Gasteiger partial charge on any atom is 0.231 e. The maximum absolute atomic E-state index is 12.0. The molecule has 1 N–H and O–H groups in total. The van der Waals surface area contributed by atoms with E-state index in [1.807, 2.05) is 18.2 Å². The van der Waals surface area contributed by atoms with Crippen LogP contribution in [0.15, 0.2) is 18.2 Å². The highest BCUT2D eigenvalue weighted by Gasteiger charge is 2.18. The molecule has 5 heteroatoms. The van der Waals surface area contributed by atoms with Gasteiger partial charge in [0.15, 0.2) is 11.5 Å². The lowest BCUT2D eigenvalue weighted by Crippen LogP contribution is -2.30. The molecule has 0 aromatic heterocycles. The summed E-state index contributed by atoms with van der Waals surface area (Å²) >= 11 is 0. The average molecular weight is 290 g/mol. The number of amides is 1. The molecule has 0 aliphatic carbocycles. The number of nitrogens with one attached hydrogen (secondary N) is 1. The summed E-state index contributed by atoms with van der Waals surface area (Å²) in [5, 5.41) is 2.94. The van der Waals surface area contributed by atoms with E-state index in [0.29, 0.717) is 18.1 Å². The standard InChI is InChI=1S/C16H22N2O3/c1-18-8-6-12(7-9-18)2-5-16(19)17-13-3-4-14-15(10-13)21-11-20-14/h3-4,10,12H,2,5-9,11H2,1H3,(H,17,19). The molecule has 0 spiro atoms. The molecule has 1 saturated heterocycles. The van der Waals surface area contributed by atoms with E-state index in [2.05, 4.69) is 17.3 Å². The van der Waals surface area contributed by atoms with Crippen molar-refractivity contribution >= 4 is 11.6 Å². The Bertz CT molecular complexity index is 510. The number of likely N-dealkylation sites (tertiary alicyclic amines) is 1. The van der Waals surface area contributed by atoms with Gasteiger partial charge in [-0.15, -0.1) is 0 Å². The Labute approximate surface area is 125 Å². The first-order valence-electron chi connectivity index (χ1n) is 7.59. The highest BCUT2D eigenvalue weighted by molar-refractivity contribution is 5.91. The van der Waals surface area contributed by atoms with E-state index in [1.54, 1.807) is 0 Å². The molecular weight excluding hydrogens is 268 g/mol. The number of anilines is 1. The van der Waals surface area contributed by atoms with Crippen LogP contribution >= 0.6 is 0 Å². The van der Waals surface area contributed by atoms with Gasteiger partial charge in [0.1, 0.15) is 0 Å². The summed E-state index contributed by atoms with van der Waals surface area (Å²) in [6.07, 6.45) is 3.97. The first-order valence-corrected chi connectivity index (χ1v) is 7.59. The van der Waals surface area contributed by atoms with Gasteiger partial charge in [-0.1, -0.05) is 0 Å². The zero-order valence-electron chi connectivity index (χ0n) is 12.4. The zero-order valence-corrected chi connectivity index (χ0v) is 12.4. The smallest absolute Gasteiger partial charge is 0.231 e. The Morgan fingerprint density at radius 1 is 1.29 bits per heavy atom. The minimum absolute atomic E-state index is 0.0767. The fraction of sp³-hybridized carbons (Fsp3) is 0.562. The molecule has 0 atom stereocenters. The predicted molar refractivity (Wildman–Crippen MR) is 80.6 cm³/mol. The number of benzene rings is 1. The van der Waals surface area contributed by atoms with Crippen LogP contribution in [0.1, 0.15) is 25.7 Å². The third-order valence-electron chi connectivity index (χ3n) is 4.27. The van der Waals surface area contributed by atoms with E-state index in [4.69, 9.17) is 9.47 Å². The van der Waals surface area contributed by atoms with Crippen LogP contribution in [-0.4, -0.2) is 37.7 Å². The average Bonchev–Trinajstić information content (AvgIpc) is 2.94. The molecule has 0 saturated carbocycles. The monoisotopic (exact) mass is 290 g/mol. The van der Waals surface area contributed by atoms with E-state index >= 15 is 0 Å². The lowest BCUT2D eigenvalue weighted by Gasteiger charge is -2.28. The van der Waals surface area contributed by atoms with Gasteiger partial charge in [0.2, 0.25) is 12.7 Å². The topological polar surface area (TPSA) is 50.8 Å². The Morgan fingerprint density at radius 2 is 2.05 bits per heavy atom. The second kappa shape index (κ2) is 6.35. The van der Waals surface area contributed by atoms with E-state index in [1.165, 1.54) is 12.8 Å². The fourth-order valence-corrected chi connectivity index (χ4v) is 2.88. The lowest BCUT2D eigenvalue weighted by atomic mass is 9.92. The third-order valence-corrected chi connectivity index (χ3v) is 4.27. The van der Waals surface area contributed by atoms with Crippen molar-refractivity contribution in [3.8, 4) is 11.5 Å². The first kappa shape index (κ1) is 14.2. The highest BCUT2D eigenvalue weighted by atomic mass is 16.7. The third kappa shape index (κ3) is 3.67. The minimum Gasteiger partial charge on any atom is -0.454 e. The number of piperidine rings is 1. The highest BCUT2D eigenvalue weighted by Crippen LogP contribution is 2.34. The molecule has 0 radical (unpaired) electrons. The van der Waals surface area contributed by atoms with E-state index in [9.17, 15) is 4.79 Å². The molecule has 1 fully saturated rings. The van der Waals surface area contributed by atoms with Crippen LogP contribution in [0.3, 0.4) is 0 Å². The van der Waals surface area contributed by atoms with Crippen LogP contribution in [0.2, 0.25) is 0 Å². The molecule has 3 rings (SSSR count). The van der Waals surface area contributed by atoms with Gasteiger partial charge < -0.3 is 19.7 Å². The summed E-state index contributed by atoms with van der Waals surface area (Å²) in [4.78, 5) is 14.4. The predicted octanol–water partition coefficient (Wildman–Crippen LogP) is 2.48. The quantitative estimate of drug-likeness (QED) is 0.925. The molecule has 2 aliphatic heterocycles. The number of hydrogen-bond donors (Lipinski definition) is 1. The van der Waals surface area contributed by atoms with E-state index in [0.717, 1.165) is 30.9 Å². The molecule has 0 bridgehead atoms. The van der Waals surface area contributed by atoms with Crippen molar-refractivity contribution < 1.29 is 14.3 Å². The van der Waals surface area contributed by atoms with Crippen LogP contribution in [0.25, 0.3) is 0 Å². The number of fused-ring (bicyclic) bond motifs is 1. The van der Waals surface area contributed by atoms with E-state index in [-0.39, 0.29) is 12.7 Å². The summed E-state index contributed by atoms with van der Waals surface area (Å²) in [7, 11) is 2.16. The number of carbonyl (C=O) groups is 1. The number of carbonyl (C=O) groups excluding carboxylic acids is 1. The van der Waals surface area contributed by atoms with Crippen molar-refractivity contribution in [1.29, 1.82) is 0 Å². The van der Waals surface area contributed by atoms with Crippen molar-refractivity contribution in [2.24, 2.45) is 5.92 Å². The van der Waals surface area contributed by atoms with Crippen LogP contribution < -0.4 is 14.8 Å². The van der Waals surface area contributed by atoms with Gasteiger partial charge in [-0.25, -0.2) is 0 Å². The van der Waals surface area contributed by atoms with Crippen molar-refractivity contribution in [1.82, 2.24) is 4.90 Å². The van der Waals surface area contributed by atoms with Crippen LogP contribution in [0.5, 0.6) is 11.5 Å². The molecule has 114 valence electrons. The number of nitrogens with zero attached hydrogens (tertiary/aromatic N) is 1. The zero-order chi connectivity index (χ0) is 14.7. The van der Waals surface area contributed by atoms with Crippen LogP contribution in [0.4, 0.5) is 5.69 Å². The van der Waals surface area contributed by atoms with Crippen molar-refractivity contribution in [3.63, 3.8) is 0 Å². The van der Waals surface area contributed by atoms with Crippen molar-refractivity contribution in [2.45, 2.75) is 25.7 Å². The normalized spacial score (nSPS) is 18.7. The summed E-state index contributed by atoms with van der Waals surface area (Å²) < 4.78 is 10.6. The minimum atomic E-state index is 0.0767.